The van der Waals surface area contributed by atoms with Gasteiger partial charge in [0.25, 0.3) is 11.7 Å². The number of aromatic hydroxyl groups is 1. The van der Waals surface area contributed by atoms with E-state index in [0.29, 0.717) is 33.1 Å². The molecule has 7 heteroatoms. The minimum Gasteiger partial charge on any atom is -0.480 e. The molecule has 0 saturated carbocycles. The summed E-state index contributed by atoms with van der Waals surface area (Å²) in [6, 6.07) is 12.9. The van der Waals surface area contributed by atoms with Crippen LogP contribution in [-0.2, 0) is 0 Å². The Morgan fingerprint density at radius 3 is 2.42 bits per heavy atom. The zero-order valence-electron chi connectivity index (χ0n) is 12.1. The largest absolute Gasteiger partial charge is 0.480 e. The molecule has 3 rings (SSSR count). The van der Waals surface area contributed by atoms with Crippen LogP contribution in [0.2, 0.25) is 0 Å². The van der Waals surface area contributed by atoms with Gasteiger partial charge in [0.15, 0.2) is 0 Å². The van der Waals surface area contributed by atoms with E-state index in [4.69, 9.17) is 4.42 Å². The lowest BCUT2D eigenvalue weighted by atomic mass is 10.1. The lowest BCUT2D eigenvalue weighted by molar-refractivity contribution is 0.252. The van der Waals surface area contributed by atoms with Crippen LogP contribution in [0, 0.1) is 0 Å². The van der Waals surface area contributed by atoms with Crippen LogP contribution in [-0.4, -0.2) is 17.1 Å². The van der Waals surface area contributed by atoms with Crippen molar-refractivity contribution < 1.29 is 18.3 Å². The molecule has 1 aromatic heterocycles. The van der Waals surface area contributed by atoms with Crippen LogP contribution in [0.1, 0.15) is 5.56 Å². The molecule has 3 aromatic rings. The average Bonchev–Trinajstić information content (AvgIpc) is 2.55. The van der Waals surface area contributed by atoms with Gasteiger partial charge >= 0.3 is 5.63 Å². The van der Waals surface area contributed by atoms with Gasteiger partial charge in [0, 0.05) is 16.5 Å². The van der Waals surface area contributed by atoms with Crippen molar-refractivity contribution in [3.63, 3.8) is 0 Å². The summed E-state index contributed by atoms with van der Waals surface area (Å²) >= 11 is 0.453. The molecular weight excluding hydrogens is 336 g/mol. The monoisotopic (exact) mass is 347 g/mol. The van der Waals surface area contributed by atoms with Gasteiger partial charge in [0.2, 0.25) is 0 Å². The van der Waals surface area contributed by atoms with E-state index in [-0.39, 0.29) is 5.56 Å². The molecule has 0 aliphatic heterocycles. The third-order valence-corrected chi connectivity index (χ3v) is 3.98. The van der Waals surface area contributed by atoms with Crippen molar-refractivity contribution in [1.82, 2.24) is 0 Å². The van der Waals surface area contributed by atoms with Gasteiger partial charge in [-0.15, -0.1) is 0 Å². The van der Waals surface area contributed by atoms with Crippen molar-refractivity contribution in [2.45, 2.75) is 10.7 Å². The molecule has 122 valence electrons. The second-order valence-electron chi connectivity index (χ2n) is 4.78. The minimum absolute atomic E-state index is 0.274. The molecule has 4 nitrogen and oxygen atoms in total. The van der Waals surface area contributed by atoms with Gasteiger partial charge in [-0.3, -0.25) is 4.99 Å². The van der Waals surface area contributed by atoms with E-state index < -0.39 is 17.3 Å². The SMILES string of the molecule is O=c1oc(O)c(C=Nc2ccc(SC(F)F)cc2)c2ccccc12. The second kappa shape index (κ2) is 6.84. The normalized spacial score (nSPS) is 11.6. The van der Waals surface area contributed by atoms with Gasteiger partial charge in [-0.05, 0) is 30.3 Å². The molecule has 0 bridgehead atoms. The molecule has 0 saturated heterocycles. The Labute approximate surface area is 139 Å². The third kappa shape index (κ3) is 3.46. The van der Waals surface area contributed by atoms with Gasteiger partial charge in [0.05, 0.1) is 16.6 Å². The number of alkyl halides is 2. The summed E-state index contributed by atoms with van der Waals surface area (Å²) < 4.78 is 29.4. The van der Waals surface area contributed by atoms with E-state index in [1.54, 1.807) is 36.4 Å². The number of fused-ring (bicyclic) bond motifs is 1. The predicted octanol–water partition coefficient (Wildman–Crippen LogP) is 4.56. The Bertz CT molecular complexity index is 952. The van der Waals surface area contributed by atoms with E-state index in [0.717, 1.165) is 0 Å². The lowest BCUT2D eigenvalue weighted by Crippen LogP contribution is -2.01. The topological polar surface area (TPSA) is 62.8 Å². The molecule has 24 heavy (non-hydrogen) atoms. The molecule has 0 aliphatic rings. The molecule has 0 amide bonds. The molecule has 0 aliphatic carbocycles. The maximum absolute atomic E-state index is 12.3. The molecule has 1 N–H and O–H groups in total. The van der Waals surface area contributed by atoms with Crippen LogP contribution in [0.5, 0.6) is 5.95 Å². The standard InChI is InChI=1S/C17H11F2NO3S/c18-17(19)24-11-7-5-10(6-8-11)20-9-14-12-3-1-2-4-13(12)15(21)23-16(14)22/h1-9,17,22H. The van der Waals surface area contributed by atoms with Crippen molar-refractivity contribution in [3.05, 3.63) is 64.5 Å². The summed E-state index contributed by atoms with van der Waals surface area (Å²) in [6.07, 6.45) is 1.37. The highest BCUT2D eigenvalue weighted by molar-refractivity contribution is 7.99. The van der Waals surface area contributed by atoms with Crippen molar-refractivity contribution in [2.75, 3.05) is 0 Å². The number of halogens is 2. The summed E-state index contributed by atoms with van der Waals surface area (Å²) in [5, 5.41) is 10.7. The molecule has 0 fully saturated rings. The molecule has 2 aromatic carbocycles. The summed E-state index contributed by atoms with van der Waals surface area (Å²) in [7, 11) is 0. The quantitative estimate of drug-likeness (QED) is 0.555. The zero-order valence-corrected chi connectivity index (χ0v) is 13.0. The van der Waals surface area contributed by atoms with Crippen LogP contribution in [0.15, 0.2) is 67.6 Å². The van der Waals surface area contributed by atoms with Crippen LogP contribution in [0.4, 0.5) is 14.5 Å². The first-order valence-corrected chi connectivity index (χ1v) is 7.76. The van der Waals surface area contributed by atoms with Gasteiger partial charge in [0.1, 0.15) is 0 Å². The van der Waals surface area contributed by atoms with Gasteiger partial charge in [-0.25, -0.2) is 4.79 Å². The van der Waals surface area contributed by atoms with Gasteiger partial charge in [-0.1, -0.05) is 30.0 Å². The Balaban J connectivity index is 1.95. The fourth-order valence-corrected chi connectivity index (χ4v) is 2.69. The molecular formula is C17H11F2NO3S. The highest BCUT2D eigenvalue weighted by Crippen LogP contribution is 2.27. The van der Waals surface area contributed by atoms with Crippen molar-refractivity contribution in [1.29, 1.82) is 0 Å². The predicted molar refractivity (Wildman–Crippen MR) is 89.7 cm³/mol. The fraction of sp³-hybridized carbons (Fsp3) is 0.0588. The third-order valence-electron chi connectivity index (χ3n) is 3.26. The maximum Gasteiger partial charge on any atom is 0.346 e. The molecule has 0 spiro atoms. The summed E-state index contributed by atoms with van der Waals surface area (Å²) in [6.45, 7) is 0. The number of benzene rings is 2. The first-order valence-electron chi connectivity index (χ1n) is 6.88. The fourth-order valence-electron chi connectivity index (χ4n) is 2.19. The van der Waals surface area contributed by atoms with E-state index in [1.807, 2.05) is 0 Å². The van der Waals surface area contributed by atoms with E-state index in [1.165, 1.54) is 18.3 Å². The summed E-state index contributed by atoms with van der Waals surface area (Å²) in [5.74, 6) is -3.00. The number of nitrogens with zero attached hydrogens (tertiary/aromatic N) is 1. The van der Waals surface area contributed by atoms with Crippen LogP contribution in [0.25, 0.3) is 10.8 Å². The Kier molecular flexibility index (Phi) is 4.61. The molecule has 0 unspecified atom stereocenters. The summed E-state index contributed by atoms with van der Waals surface area (Å²) in [4.78, 5) is 16.3. The number of thioether (sulfide) groups is 1. The molecule has 1 heterocycles. The van der Waals surface area contributed by atoms with E-state index in [2.05, 4.69) is 4.99 Å². The van der Waals surface area contributed by atoms with Crippen molar-refractivity contribution >= 4 is 34.4 Å². The summed E-state index contributed by atoms with van der Waals surface area (Å²) in [5.41, 5.74) is 0.160. The highest BCUT2D eigenvalue weighted by atomic mass is 32.2. The first kappa shape index (κ1) is 16.2. The number of hydrogen-bond donors (Lipinski definition) is 1. The van der Waals surface area contributed by atoms with E-state index in [9.17, 15) is 18.7 Å². The van der Waals surface area contributed by atoms with Gasteiger partial charge in [-0.2, -0.15) is 8.78 Å². The van der Waals surface area contributed by atoms with Crippen LogP contribution < -0.4 is 5.63 Å². The van der Waals surface area contributed by atoms with Crippen molar-refractivity contribution in [3.8, 4) is 5.95 Å². The lowest BCUT2D eigenvalue weighted by Gasteiger charge is -2.03. The number of rotatable bonds is 4. The number of hydrogen-bond acceptors (Lipinski definition) is 5. The molecule has 0 radical (unpaired) electrons. The Morgan fingerprint density at radius 1 is 1.08 bits per heavy atom. The highest BCUT2D eigenvalue weighted by Gasteiger charge is 2.11. The average molecular weight is 347 g/mol. The Morgan fingerprint density at radius 2 is 1.75 bits per heavy atom. The second-order valence-corrected chi connectivity index (χ2v) is 5.85. The smallest absolute Gasteiger partial charge is 0.346 e. The zero-order chi connectivity index (χ0) is 17.1. The molecule has 0 atom stereocenters. The van der Waals surface area contributed by atoms with Gasteiger partial charge < -0.3 is 9.52 Å². The maximum atomic E-state index is 12.3. The first-order chi connectivity index (χ1) is 11.5. The Hall–Kier alpha value is -2.67. The van der Waals surface area contributed by atoms with E-state index >= 15 is 0 Å². The van der Waals surface area contributed by atoms with Crippen LogP contribution in [0.3, 0.4) is 0 Å². The number of aliphatic imine (C=N–C) groups is 1. The van der Waals surface area contributed by atoms with Crippen LogP contribution >= 0.6 is 11.8 Å². The van der Waals surface area contributed by atoms with Crippen molar-refractivity contribution in [2.24, 2.45) is 4.99 Å². The minimum atomic E-state index is -2.48.